The van der Waals surface area contributed by atoms with Gasteiger partial charge >= 0.3 is 0 Å². The summed E-state index contributed by atoms with van der Waals surface area (Å²) >= 11 is 0. The molecule has 1 saturated carbocycles. The molecule has 0 aliphatic heterocycles. The van der Waals surface area contributed by atoms with Crippen LogP contribution in [0.15, 0.2) is 30.7 Å². The maximum atomic E-state index is 15.2. The Balaban J connectivity index is 1.55. The van der Waals surface area contributed by atoms with E-state index in [1.165, 1.54) is 6.20 Å². The van der Waals surface area contributed by atoms with Crippen molar-refractivity contribution in [1.82, 2.24) is 25.1 Å². The molecule has 3 aromatic heterocycles. The Morgan fingerprint density at radius 3 is 2.42 bits per heavy atom. The number of rotatable bonds is 8. The van der Waals surface area contributed by atoms with Crippen molar-refractivity contribution in [3.05, 3.63) is 65.3 Å². The van der Waals surface area contributed by atoms with Gasteiger partial charge in [0.25, 0.3) is 0 Å². The average molecular weight is 517 g/mol. The van der Waals surface area contributed by atoms with Gasteiger partial charge in [-0.05, 0) is 25.3 Å². The number of nitrogens with one attached hydrogen (secondary N) is 2. The lowest BCUT2D eigenvalue weighted by atomic mass is 10.0. The third kappa shape index (κ3) is 4.41. The highest BCUT2D eigenvalue weighted by Gasteiger charge is 2.29. The van der Waals surface area contributed by atoms with E-state index in [0.29, 0.717) is 17.0 Å². The van der Waals surface area contributed by atoms with E-state index >= 15 is 4.39 Å². The van der Waals surface area contributed by atoms with Gasteiger partial charge in [-0.25, -0.2) is 36.5 Å². The number of hydrogen-bond acceptors (Lipinski definition) is 7. The highest BCUT2D eigenvalue weighted by atomic mass is 32.2. The van der Waals surface area contributed by atoms with Crippen LogP contribution in [0.2, 0.25) is 0 Å². The first-order valence-corrected chi connectivity index (χ1v) is 12.7. The second kappa shape index (κ2) is 8.97. The van der Waals surface area contributed by atoms with Gasteiger partial charge in [-0.15, -0.1) is 0 Å². The number of carbonyl (C=O) groups excluding carboxylic acids is 1. The molecule has 0 saturated heterocycles. The molecule has 4 aromatic rings. The molecule has 1 aromatic carbocycles. The third-order valence-corrected chi connectivity index (χ3v) is 7.17. The SMILES string of the molecule is CCCS(=O)(=O)Nc1c(F)cc(F)c(C(=O)c2[nH]nc3ncc(-c4cnc(C5CC5)nc4)cc23)c1F. The topological polar surface area (TPSA) is 131 Å². The van der Waals surface area contributed by atoms with E-state index < -0.39 is 50.3 Å². The molecule has 0 bridgehead atoms. The molecule has 0 radical (unpaired) electrons. The zero-order valence-corrected chi connectivity index (χ0v) is 19.7. The van der Waals surface area contributed by atoms with Gasteiger partial charge in [0, 0.05) is 41.7 Å². The molecule has 9 nitrogen and oxygen atoms in total. The predicted molar refractivity (Wildman–Crippen MR) is 124 cm³/mol. The van der Waals surface area contributed by atoms with Gasteiger partial charge in [0.2, 0.25) is 15.8 Å². The molecule has 1 aliphatic rings. The molecule has 3 heterocycles. The van der Waals surface area contributed by atoms with Gasteiger partial charge in [-0.2, -0.15) is 5.10 Å². The molecule has 0 spiro atoms. The summed E-state index contributed by atoms with van der Waals surface area (Å²) in [6.07, 6.45) is 7.01. The lowest BCUT2D eigenvalue weighted by molar-refractivity contribution is 0.102. The van der Waals surface area contributed by atoms with Crippen LogP contribution >= 0.6 is 0 Å². The molecule has 186 valence electrons. The molecule has 2 N–H and O–H groups in total. The van der Waals surface area contributed by atoms with Crippen molar-refractivity contribution >= 4 is 32.5 Å². The molecular formula is C23H19F3N6O3S. The number of H-pyrrole nitrogens is 1. The van der Waals surface area contributed by atoms with Gasteiger partial charge < -0.3 is 0 Å². The van der Waals surface area contributed by atoms with Crippen LogP contribution in [0, 0.1) is 17.5 Å². The van der Waals surface area contributed by atoms with Crippen LogP contribution in [0.4, 0.5) is 18.9 Å². The van der Waals surface area contributed by atoms with Crippen LogP contribution in [0.5, 0.6) is 0 Å². The van der Waals surface area contributed by atoms with Crippen molar-refractivity contribution in [3.63, 3.8) is 0 Å². The summed E-state index contributed by atoms with van der Waals surface area (Å²) < 4.78 is 69.9. The summed E-state index contributed by atoms with van der Waals surface area (Å²) in [5.41, 5.74) is -1.33. The number of ketones is 1. The molecule has 0 atom stereocenters. The van der Waals surface area contributed by atoms with Crippen molar-refractivity contribution in [1.29, 1.82) is 0 Å². The molecular weight excluding hydrogens is 497 g/mol. The van der Waals surface area contributed by atoms with Crippen molar-refractivity contribution in [2.75, 3.05) is 10.5 Å². The van der Waals surface area contributed by atoms with Crippen LogP contribution < -0.4 is 4.72 Å². The monoisotopic (exact) mass is 516 g/mol. The van der Waals surface area contributed by atoms with Crippen molar-refractivity contribution in [2.24, 2.45) is 0 Å². The number of carbonyl (C=O) groups is 1. The van der Waals surface area contributed by atoms with E-state index in [0.717, 1.165) is 18.7 Å². The number of halogens is 3. The lowest BCUT2D eigenvalue weighted by Crippen LogP contribution is -2.20. The van der Waals surface area contributed by atoms with Crippen molar-refractivity contribution in [2.45, 2.75) is 32.1 Å². The molecule has 13 heteroatoms. The number of aromatic nitrogens is 5. The fraction of sp³-hybridized carbons (Fsp3) is 0.261. The zero-order valence-electron chi connectivity index (χ0n) is 18.8. The van der Waals surface area contributed by atoms with Gasteiger partial charge in [0.15, 0.2) is 17.3 Å². The number of fused-ring (bicyclic) bond motifs is 1. The van der Waals surface area contributed by atoms with Gasteiger partial charge in [-0.3, -0.25) is 14.6 Å². The summed E-state index contributed by atoms with van der Waals surface area (Å²) in [5, 5.41) is 6.48. The summed E-state index contributed by atoms with van der Waals surface area (Å²) in [6, 6.07) is 1.79. The van der Waals surface area contributed by atoms with E-state index in [1.54, 1.807) is 30.1 Å². The summed E-state index contributed by atoms with van der Waals surface area (Å²) in [4.78, 5) is 26.1. The van der Waals surface area contributed by atoms with Crippen LogP contribution in [-0.2, 0) is 10.0 Å². The number of hydrogen-bond donors (Lipinski definition) is 2. The van der Waals surface area contributed by atoms with Crippen LogP contribution in [0.1, 0.15) is 54.0 Å². The van der Waals surface area contributed by atoms with E-state index in [9.17, 15) is 22.0 Å². The molecule has 0 amide bonds. The number of benzene rings is 1. The zero-order chi connectivity index (χ0) is 25.6. The van der Waals surface area contributed by atoms with E-state index in [2.05, 4.69) is 25.1 Å². The van der Waals surface area contributed by atoms with Crippen molar-refractivity contribution < 1.29 is 26.4 Å². The van der Waals surface area contributed by atoms with Crippen LogP contribution in [0.25, 0.3) is 22.2 Å². The Morgan fingerprint density at radius 1 is 1.06 bits per heavy atom. The highest BCUT2D eigenvalue weighted by molar-refractivity contribution is 7.92. The second-order valence-corrected chi connectivity index (χ2v) is 10.3. The Bertz CT molecular complexity index is 1600. The highest BCUT2D eigenvalue weighted by Crippen LogP contribution is 2.38. The fourth-order valence-electron chi connectivity index (χ4n) is 3.76. The fourth-order valence-corrected chi connectivity index (χ4v) is 4.90. The number of pyridine rings is 1. The van der Waals surface area contributed by atoms with Gasteiger partial charge in [0.1, 0.15) is 23.0 Å². The maximum absolute atomic E-state index is 15.2. The van der Waals surface area contributed by atoms with E-state index in [1.807, 2.05) is 0 Å². The Labute approximate surface area is 203 Å². The van der Waals surface area contributed by atoms with Crippen LogP contribution in [-0.4, -0.2) is 45.1 Å². The summed E-state index contributed by atoms with van der Waals surface area (Å²) in [6.45, 7) is 1.56. The van der Waals surface area contributed by atoms with E-state index in [4.69, 9.17) is 0 Å². The first-order chi connectivity index (χ1) is 17.2. The van der Waals surface area contributed by atoms with E-state index in [-0.39, 0.29) is 29.2 Å². The quantitative estimate of drug-likeness (QED) is 0.337. The smallest absolute Gasteiger partial charge is 0.232 e. The molecule has 1 aliphatic carbocycles. The normalized spacial score (nSPS) is 13.8. The number of aromatic amines is 1. The summed E-state index contributed by atoms with van der Waals surface area (Å²) in [5.74, 6) is -5.15. The number of nitrogens with zero attached hydrogens (tertiary/aromatic N) is 4. The second-order valence-electron chi connectivity index (χ2n) is 8.45. The average Bonchev–Trinajstić information content (AvgIpc) is 3.60. The van der Waals surface area contributed by atoms with Gasteiger partial charge in [0.05, 0.1) is 16.7 Å². The minimum atomic E-state index is -4.12. The molecule has 1 fully saturated rings. The minimum Gasteiger partial charge on any atom is -0.287 e. The van der Waals surface area contributed by atoms with Crippen molar-refractivity contribution in [3.8, 4) is 11.1 Å². The predicted octanol–water partition coefficient (Wildman–Crippen LogP) is 4.09. The Morgan fingerprint density at radius 2 is 1.75 bits per heavy atom. The largest absolute Gasteiger partial charge is 0.287 e. The minimum absolute atomic E-state index is 0.101. The third-order valence-electron chi connectivity index (χ3n) is 5.71. The number of anilines is 1. The van der Waals surface area contributed by atoms with Gasteiger partial charge in [-0.1, -0.05) is 6.92 Å². The first-order valence-electron chi connectivity index (χ1n) is 11.1. The number of sulfonamides is 1. The molecule has 36 heavy (non-hydrogen) atoms. The lowest BCUT2D eigenvalue weighted by Gasteiger charge is -2.12. The van der Waals surface area contributed by atoms with Crippen LogP contribution in [0.3, 0.4) is 0 Å². The Hall–Kier alpha value is -3.87. The maximum Gasteiger partial charge on any atom is 0.232 e. The molecule has 5 rings (SSSR count). The first kappa shape index (κ1) is 23.9. The molecule has 0 unspecified atom stereocenters. The standard InChI is InChI=1S/C23H19F3N6O3S/c1-2-5-36(34,35)32-20-16(25)7-15(24)17(18(20)26)21(33)19-14-6-12(8-29-23(14)31-30-19)13-9-27-22(28-10-13)11-3-4-11/h6-11,32H,2-5H2,1H3,(H,29,30,31). The Kier molecular flexibility index (Phi) is 5.94. The summed E-state index contributed by atoms with van der Waals surface area (Å²) in [7, 11) is -4.12.